The minimum Gasteiger partial charge on any atom is -0.481 e. The first-order chi connectivity index (χ1) is 9.09. The van der Waals surface area contributed by atoms with Gasteiger partial charge in [-0.2, -0.15) is 0 Å². The quantitative estimate of drug-likeness (QED) is 0.918. The topological polar surface area (TPSA) is 66.8 Å². The van der Waals surface area contributed by atoms with Crippen molar-refractivity contribution >= 4 is 27.8 Å². The zero-order valence-corrected chi connectivity index (χ0v) is 11.8. The van der Waals surface area contributed by atoms with Crippen molar-refractivity contribution in [3.05, 3.63) is 34.3 Å². The summed E-state index contributed by atoms with van der Waals surface area (Å²) in [4.78, 5) is 24.9. The Balaban J connectivity index is 2.20. The summed E-state index contributed by atoms with van der Waals surface area (Å²) in [5.74, 6) is -1.09. The Hall–Kier alpha value is -1.40. The van der Waals surface area contributed by atoms with Crippen molar-refractivity contribution in [2.75, 3.05) is 19.8 Å². The molecule has 1 aliphatic heterocycles. The number of hydrogen-bond donors (Lipinski definition) is 1. The number of aliphatic carboxylic acids is 1. The highest BCUT2D eigenvalue weighted by atomic mass is 79.9. The molecule has 102 valence electrons. The molecular formula is C13H14BrNO4. The van der Waals surface area contributed by atoms with Gasteiger partial charge < -0.3 is 14.7 Å². The number of ether oxygens (including phenoxy) is 1. The maximum Gasteiger partial charge on any atom is 0.305 e. The van der Waals surface area contributed by atoms with Crippen LogP contribution in [0.1, 0.15) is 16.8 Å². The molecule has 1 unspecified atom stereocenters. The lowest BCUT2D eigenvalue weighted by atomic mass is 10.1. The van der Waals surface area contributed by atoms with Gasteiger partial charge in [0.15, 0.2) is 0 Å². The van der Waals surface area contributed by atoms with Gasteiger partial charge in [0.2, 0.25) is 0 Å². The number of carbonyl (C=O) groups excluding carboxylic acids is 1. The molecule has 2 rings (SSSR count). The summed E-state index contributed by atoms with van der Waals surface area (Å²) in [6.45, 7) is 1.12. The number of carboxylic acid groups (broad SMARTS) is 1. The van der Waals surface area contributed by atoms with E-state index in [0.717, 1.165) is 0 Å². The van der Waals surface area contributed by atoms with E-state index in [1.54, 1.807) is 23.1 Å². The van der Waals surface area contributed by atoms with Crippen LogP contribution in [0.15, 0.2) is 28.7 Å². The van der Waals surface area contributed by atoms with Gasteiger partial charge in [-0.1, -0.05) is 12.1 Å². The average Bonchev–Trinajstić information content (AvgIpc) is 2.38. The summed E-state index contributed by atoms with van der Waals surface area (Å²) in [6.07, 6.45) is -0.101. The molecule has 1 saturated heterocycles. The number of carboxylic acids is 1. The third-order valence-electron chi connectivity index (χ3n) is 3.00. The molecule has 5 nitrogen and oxygen atoms in total. The van der Waals surface area contributed by atoms with E-state index < -0.39 is 12.0 Å². The molecule has 1 amide bonds. The first kappa shape index (κ1) is 14.0. The van der Waals surface area contributed by atoms with E-state index in [0.29, 0.717) is 23.2 Å². The van der Waals surface area contributed by atoms with Gasteiger partial charge >= 0.3 is 5.97 Å². The van der Waals surface area contributed by atoms with Crippen molar-refractivity contribution in [3.63, 3.8) is 0 Å². The van der Waals surface area contributed by atoms with Crippen LogP contribution in [0.3, 0.4) is 0 Å². The fourth-order valence-corrected chi connectivity index (χ4v) is 2.54. The first-order valence-corrected chi connectivity index (χ1v) is 6.74. The maximum absolute atomic E-state index is 12.5. The Morgan fingerprint density at radius 2 is 2.16 bits per heavy atom. The normalized spacial score (nSPS) is 19.2. The largest absolute Gasteiger partial charge is 0.481 e. The van der Waals surface area contributed by atoms with E-state index in [1.807, 2.05) is 6.07 Å². The second kappa shape index (κ2) is 6.16. The van der Waals surface area contributed by atoms with Crippen LogP contribution in [0, 0.1) is 0 Å². The molecule has 0 saturated carbocycles. The van der Waals surface area contributed by atoms with E-state index in [9.17, 15) is 9.59 Å². The zero-order valence-electron chi connectivity index (χ0n) is 10.2. The van der Waals surface area contributed by atoms with Crippen LogP contribution in [0.4, 0.5) is 0 Å². The third-order valence-corrected chi connectivity index (χ3v) is 3.69. The standard InChI is InChI=1S/C13H14BrNO4/c14-11-4-2-1-3-10(11)13(18)15-5-6-19-8-9(15)7-12(16)17/h1-4,9H,5-8H2,(H,16,17). The Kier molecular flexibility index (Phi) is 4.55. The summed E-state index contributed by atoms with van der Waals surface area (Å²) < 4.78 is 5.97. The highest BCUT2D eigenvalue weighted by Crippen LogP contribution is 2.21. The number of amides is 1. The van der Waals surface area contributed by atoms with Crippen LogP contribution >= 0.6 is 15.9 Å². The van der Waals surface area contributed by atoms with Crippen molar-refractivity contribution in [1.82, 2.24) is 4.90 Å². The van der Waals surface area contributed by atoms with Crippen molar-refractivity contribution in [2.24, 2.45) is 0 Å². The summed E-state index contributed by atoms with van der Waals surface area (Å²) >= 11 is 3.34. The highest BCUT2D eigenvalue weighted by molar-refractivity contribution is 9.10. The average molecular weight is 328 g/mol. The van der Waals surface area contributed by atoms with Crippen LogP contribution in [0.25, 0.3) is 0 Å². The number of morpholine rings is 1. The van der Waals surface area contributed by atoms with Crippen molar-refractivity contribution in [3.8, 4) is 0 Å². The molecular weight excluding hydrogens is 314 g/mol. The SMILES string of the molecule is O=C(O)CC1COCCN1C(=O)c1ccccc1Br. The number of nitrogens with zero attached hydrogens (tertiary/aromatic N) is 1. The Labute approximate surface area is 119 Å². The lowest BCUT2D eigenvalue weighted by molar-refractivity contribution is -0.139. The number of hydrogen-bond acceptors (Lipinski definition) is 3. The van der Waals surface area contributed by atoms with E-state index in [2.05, 4.69) is 15.9 Å². The predicted molar refractivity (Wildman–Crippen MR) is 72.0 cm³/mol. The number of halogens is 1. The molecule has 6 heteroatoms. The fourth-order valence-electron chi connectivity index (χ4n) is 2.08. The van der Waals surface area contributed by atoms with Crippen molar-refractivity contribution in [1.29, 1.82) is 0 Å². The highest BCUT2D eigenvalue weighted by Gasteiger charge is 2.30. The summed E-state index contributed by atoms with van der Waals surface area (Å²) in [6, 6.07) is 6.71. The van der Waals surface area contributed by atoms with E-state index in [4.69, 9.17) is 9.84 Å². The van der Waals surface area contributed by atoms with Crippen LogP contribution in [0.5, 0.6) is 0 Å². The Bertz CT molecular complexity index is 491. The summed E-state index contributed by atoms with van der Waals surface area (Å²) in [5, 5.41) is 8.89. The zero-order chi connectivity index (χ0) is 13.8. The van der Waals surface area contributed by atoms with Gasteiger partial charge in [-0.3, -0.25) is 9.59 Å². The van der Waals surface area contributed by atoms with Crippen LogP contribution in [-0.2, 0) is 9.53 Å². The van der Waals surface area contributed by atoms with Crippen LogP contribution < -0.4 is 0 Å². The van der Waals surface area contributed by atoms with Crippen molar-refractivity contribution < 1.29 is 19.4 Å². The molecule has 1 aromatic rings. The molecule has 0 spiro atoms. The molecule has 1 fully saturated rings. The summed E-state index contributed by atoms with van der Waals surface area (Å²) in [7, 11) is 0. The number of carbonyl (C=O) groups is 2. The van der Waals surface area contributed by atoms with E-state index in [1.165, 1.54) is 0 Å². The molecule has 1 N–H and O–H groups in total. The van der Waals surface area contributed by atoms with Crippen LogP contribution in [-0.4, -0.2) is 47.7 Å². The molecule has 19 heavy (non-hydrogen) atoms. The third kappa shape index (κ3) is 3.33. The molecule has 1 aromatic carbocycles. The molecule has 0 bridgehead atoms. The smallest absolute Gasteiger partial charge is 0.305 e. The second-order valence-corrected chi connectivity index (χ2v) is 5.16. The predicted octanol–water partition coefficient (Wildman–Crippen LogP) is 1.76. The molecule has 0 aromatic heterocycles. The van der Waals surface area contributed by atoms with Gasteiger partial charge in [0, 0.05) is 11.0 Å². The number of rotatable bonds is 3. The van der Waals surface area contributed by atoms with Crippen molar-refractivity contribution in [2.45, 2.75) is 12.5 Å². The molecule has 0 aliphatic carbocycles. The van der Waals surface area contributed by atoms with E-state index in [-0.39, 0.29) is 18.9 Å². The fraction of sp³-hybridized carbons (Fsp3) is 0.385. The first-order valence-electron chi connectivity index (χ1n) is 5.94. The molecule has 0 radical (unpaired) electrons. The lowest BCUT2D eigenvalue weighted by Crippen LogP contribution is -2.49. The van der Waals surface area contributed by atoms with Crippen LogP contribution in [0.2, 0.25) is 0 Å². The van der Waals surface area contributed by atoms with Gasteiger partial charge in [-0.05, 0) is 28.1 Å². The second-order valence-electron chi connectivity index (χ2n) is 4.30. The Morgan fingerprint density at radius 3 is 2.84 bits per heavy atom. The summed E-state index contributed by atoms with van der Waals surface area (Å²) in [5.41, 5.74) is 0.541. The van der Waals surface area contributed by atoms with Gasteiger partial charge in [0.25, 0.3) is 5.91 Å². The van der Waals surface area contributed by atoms with Gasteiger partial charge in [-0.25, -0.2) is 0 Å². The van der Waals surface area contributed by atoms with Gasteiger partial charge in [0.05, 0.1) is 31.2 Å². The number of benzene rings is 1. The minimum atomic E-state index is -0.930. The Morgan fingerprint density at radius 1 is 1.42 bits per heavy atom. The van der Waals surface area contributed by atoms with Gasteiger partial charge in [-0.15, -0.1) is 0 Å². The monoisotopic (exact) mass is 327 g/mol. The molecule has 1 atom stereocenters. The molecule has 1 heterocycles. The molecule has 1 aliphatic rings. The van der Waals surface area contributed by atoms with E-state index >= 15 is 0 Å². The van der Waals surface area contributed by atoms with Gasteiger partial charge in [0.1, 0.15) is 0 Å². The minimum absolute atomic E-state index is 0.101. The lowest BCUT2D eigenvalue weighted by Gasteiger charge is -2.35. The maximum atomic E-state index is 12.5.